The number of ether oxygens (including phenoxy) is 1. The van der Waals surface area contributed by atoms with E-state index in [0.29, 0.717) is 20.9 Å². The van der Waals surface area contributed by atoms with Crippen LogP contribution >= 0.6 is 27.5 Å². The number of hydrogen-bond donors (Lipinski definition) is 2. The van der Waals surface area contributed by atoms with Crippen LogP contribution < -0.4 is 15.8 Å². The Balaban J connectivity index is 1.99. The molecule has 0 unspecified atom stereocenters. The molecule has 0 aliphatic heterocycles. The van der Waals surface area contributed by atoms with Crippen molar-refractivity contribution in [2.24, 2.45) is 0 Å². The number of nitrogen functional groups attached to an aromatic ring is 1. The minimum absolute atomic E-state index is 0.0152. The van der Waals surface area contributed by atoms with Gasteiger partial charge in [0.05, 0.1) is 11.4 Å². The van der Waals surface area contributed by atoms with Gasteiger partial charge in [0.2, 0.25) is 0 Å². The first-order chi connectivity index (χ1) is 9.95. The van der Waals surface area contributed by atoms with Gasteiger partial charge in [0.15, 0.2) is 18.2 Å². The summed E-state index contributed by atoms with van der Waals surface area (Å²) in [7, 11) is 0. The van der Waals surface area contributed by atoms with Crippen molar-refractivity contribution in [2.45, 2.75) is 0 Å². The zero-order chi connectivity index (χ0) is 15.4. The van der Waals surface area contributed by atoms with E-state index >= 15 is 0 Å². The number of carbonyl (C=O) groups excluding carboxylic acids is 1. The second-order valence-corrected chi connectivity index (χ2v) is 5.50. The molecule has 0 aliphatic rings. The number of rotatable bonds is 4. The van der Waals surface area contributed by atoms with E-state index in [1.165, 1.54) is 24.3 Å². The third-order valence-corrected chi connectivity index (χ3v) is 3.27. The van der Waals surface area contributed by atoms with Crippen molar-refractivity contribution in [2.75, 3.05) is 17.7 Å². The maximum atomic E-state index is 13.4. The molecule has 1 amide bonds. The Hall–Kier alpha value is -1.79. The number of nitrogens with two attached hydrogens (primary N) is 1. The summed E-state index contributed by atoms with van der Waals surface area (Å²) in [4.78, 5) is 11.8. The molecular weight excluding hydrogens is 363 g/mol. The summed E-state index contributed by atoms with van der Waals surface area (Å²) in [5.41, 5.74) is 6.47. The van der Waals surface area contributed by atoms with Crippen LogP contribution in [0.2, 0.25) is 5.02 Å². The highest BCUT2D eigenvalue weighted by Crippen LogP contribution is 2.24. The van der Waals surface area contributed by atoms with E-state index in [4.69, 9.17) is 22.1 Å². The molecule has 7 heteroatoms. The lowest BCUT2D eigenvalue weighted by Gasteiger charge is -2.10. The SMILES string of the molecule is Nc1ccc(Cl)cc1NC(=O)COc1cc(Br)ccc1F. The van der Waals surface area contributed by atoms with Gasteiger partial charge in [0.1, 0.15) is 0 Å². The number of hydrogen-bond acceptors (Lipinski definition) is 3. The van der Waals surface area contributed by atoms with Crippen LogP contribution in [0.5, 0.6) is 5.75 Å². The fourth-order valence-corrected chi connectivity index (χ4v) is 2.07. The van der Waals surface area contributed by atoms with Gasteiger partial charge in [-0.15, -0.1) is 0 Å². The highest BCUT2D eigenvalue weighted by Gasteiger charge is 2.09. The fourth-order valence-electron chi connectivity index (χ4n) is 1.55. The normalized spacial score (nSPS) is 10.2. The topological polar surface area (TPSA) is 64.3 Å². The first-order valence-corrected chi connectivity index (χ1v) is 7.05. The largest absolute Gasteiger partial charge is 0.481 e. The van der Waals surface area contributed by atoms with Crippen molar-refractivity contribution in [1.82, 2.24) is 0 Å². The van der Waals surface area contributed by atoms with Gasteiger partial charge >= 0.3 is 0 Å². The Kier molecular flexibility index (Phi) is 5.03. The standard InChI is InChI=1S/C14H11BrClFN2O2/c15-8-1-3-10(17)13(5-8)21-7-14(20)19-12-6-9(16)2-4-11(12)18/h1-6H,7,18H2,(H,19,20). The van der Waals surface area contributed by atoms with Gasteiger partial charge in [-0.1, -0.05) is 27.5 Å². The first kappa shape index (κ1) is 15.6. The van der Waals surface area contributed by atoms with Crippen molar-refractivity contribution in [3.63, 3.8) is 0 Å². The van der Waals surface area contributed by atoms with Crippen LogP contribution in [0, 0.1) is 5.82 Å². The maximum absolute atomic E-state index is 13.4. The third kappa shape index (κ3) is 4.34. The highest BCUT2D eigenvalue weighted by molar-refractivity contribution is 9.10. The summed E-state index contributed by atoms with van der Waals surface area (Å²) in [6, 6.07) is 8.93. The van der Waals surface area contributed by atoms with E-state index in [2.05, 4.69) is 21.2 Å². The molecule has 110 valence electrons. The summed E-state index contributed by atoms with van der Waals surface area (Å²) < 4.78 is 19.2. The van der Waals surface area contributed by atoms with E-state index in [1.807, 2.05) is 0 Å². The van der Waals surface area contributed by atoms with Crippen molar-refractivity contribution in [3.05, 3.63) is 51.7 Å². The van der Waals surface area contributed by atoms with Crippen molar-refractivity contribution in [1.29, 1.82) is 0 Å². The summed E-state index contributed by atoms with van der Waals surface area (Å²) in [6.07, 6.45) is 0. The fraction of sp³-hybridized carbons (Fsp3) is 0.0714. The van der Waals surface area contributed by atoms with Gasteiger partial charge in [-0.25, -0.2) is 4.39 Å². The lowest BCUT2D eigenvalue weighted by atomic mass is 10.2. The van der Waals surface area contributed by atoms with Crippen LogP contribution in [-0.2, 0) is 4.79 Å². The van der Waals surface area contributed by atoms with Gasteiger partial charge < -0.3 is 15.8 Å². The summed E-state index contributed by atoms with van der Waals surface area (Å²) in [5.74, 6) is -1.03. The molecule has 21 heavy (non-hydrogen) atoms. The Morgan fingerprint density at radius 3 is 2.86 bits per heavy atom. The molecule has 4 nitrogen and oxygen atoms in total. The molecule has 3 N–H and O–H groups in total. The molecule has 0 saturated carbocycles. The second-order valence-electron chi connectivity index (χ2n) is 4.14. The molecule has 2 aromatic carbocycles. The minimum Gasteiger partial charge on any atom is -0.481 e. The molecular formula is C14H11BrClFN2O2. The van der Waals surface area contributed by atoms with E-state index < -0.39 is 11.7 Å². The van der Waals surface area contributed by atoms with E-state index in [-0.39, 0.29) is 12.4 Å². The predicted octanol–water partition coefficient (Wildman–Crippen LogP) is 3.84. The molecule has 0 atom stereocenters. The van der Waals surface area contributed by atoms with Crippen LogP contribution in [0.1, 0.15) is 0 Å². The zero-order valence-electron chi connectivity index (χ0n) is 10.7. The van der Waals surface area contributed by atoms with Crippen LogP contribution in [0.4, 0.5) is 15.8 Å². The Morgan fingerprint density at radius 2 is 2.10 bits per heavy atom. The molecule has 0 spiro atoms. The molecule has 0 aliphatic carbocycles. The molecule has 0 radical (unpaired) electrons. The first-order valence-electron chi connectivity index (χ1n) is 5.88. The number of carbonyl (C=O) groups is 1. The Labute approximate surface area is 134 Å². The monoisotopic (exact) mass is 372 g/mol. The van der Waals surface area contributed by atoms with Gasteiger partial charge in [-0.2, -0.15) is 0 Å². The van der Waals surface area contributed by atoms with Crippen LogP contribution in [0.15, 0.2) is 40.9 Å². The molecule has 0 aromatic heterocycles. The number of benzene rings is 2. The van der Waals surface area contributed by atoms with Crippen LogP contribution in [-0.4, -0.2) is 12.5 Å². The Morgan fingerprint density at radius 1 is 1.33 bits per heavy atom. The quantitative estimate of drug-likeness (QED) is 0.800. The maximum Gasteiger partial charge on any atom is 0.262 e. The summed E-state index contributed by atoms with van der Waals surface area (Å²) in [5, 5.41) is 2.99. The average Bonchev–Trinajstić information content (AvgIpc) is 2.44. The lowest BCUT2D eigenvalue weighted by molar-refractivity contribution is -0.118. The molecule has 0 fully saturated rings. The molecule has 0 heterocycles. The second kappa shape index (κ2) is 6.78. The number of anilines is 2. The smallest absolute Gasteiger partial charge is 0.262 e. The van der Waals surface area contributed by atoms with Gasteiger partial charge in [-0.05, 0) is 36.4 Å². The van der Waals surface area contributed by atoms with Crippen molar-refractivity contribution >= 4 is 44.8 Å². The molecule has 2 aromatic rings. The summed E-state index contributed by atoms with van der Waals surface area (Å²) >= 11 is 9.01. The van der Waals surface area contributed by atoms with Gasteiger partial charge in [0, 0.05) is 9.50 Å². The number of amides is 1. The summed E-state index contributed by atoms with van der Waals surface area (Å²) in [6.45, 7) is -0.348. The predicted molar refractivity (Wildman–Crippen MR) is 84.1 cm³/mol. The van der Waals surface area contributed by atoms with Crippen LogP contribution in [0.3, 0.4) is 0 Å². The Bertz CT molecular complexity index is 682. The number of nitrogens with one attached hydrogen (secondary N) is 1. The van der Waals surface area contributed by atoms with E-state index in [1.54, 1.807) is 12.1 Å². The highest BCUT2D eigenvalue weighted by atomic mass is 79.9. The zero-order valence-corrected chi connectivity index (χ0v) is 13.0. The van der Waals surface area contributed by atoms with Crippen molar-refractivity contribution in [3.8, 4) is 5.75 Å². The third-order valence-electron chi connectivity index (χ3n) is 2.54. The van der Waals surface area contributed by atoms with E-state index in [9.17, 15) is 9.18 Å². The van der Waals surface area contributed by atoms with Gasteiger partial charge in [0.25, 0.3) is 5.91 Å². The molecule has 0 saturated heterocycles. The molecule has 2 rings (SSSR count). The number of halogens is 3. The average molecular weight is 374 g/mol. The lowest BCUT2D eigenvalue weighted by Crippen LogP contribution is -2.21. The molecule has 0 bridgehead atoms. The minimum atomic E-state index is -0.548. The van der Waals surface area contributed by atoms with E-state index in [0.717, 1.165) is 0 Å². The van der Waals surface area contributed by atoms with Crippen LogP contribution in [0.25, 0.3) is 0 Å². The van der Waals surface area contributed by atoms with Gasteiger partial charge in [-0.3, -0.25) is 4.79 Å². The van der Waals surface area contributed by atoms with Crippen molar-refractivity contribution < 1.29 is 13.9 Å².